The topological polar surface area (TPSA) is 20.2 Å². The Kier molecular flexibility index (Phi) is 4.56. The molecule has 0 aliphatic heterocycles. The predicted molar refractivity (Wildman–Crippen MR) is 77.0 cm³/mol. The van der Waals surface area contributed by atoms with Gasteiger partial charge in [0.05, 0.1) is 5.02 Å². The highest BCUT2D eigenvalue weighted by Crippen LogP contribution is 2.33. The summed E-state index contributed by atoms with van der Waals surface area (Å²) < 4.78 is 13.9. The summed E-state index contributed by atoms with van der Waals surface area (Å²) in [6.07, 6.45) is 1.56. The summed E-state index contributed by atoms with van der Waals surface area (Å²) in [5, 5.41) is 9.26. The molecule has 2 aromatic carbocycles. The van der Waals surface area contributed by atoms with Gasteiger partial charge in [0, 0.05) is 12.2 Å². The third-order valence-corrected chi connectivity index (χ3v) is 3.64. The molecule has 0 amide bonds. The van der Waals surface area contributed by atoms with Crippen LogP contribution in [0.15, 0.2) is 36.4 Å². The highest BCUT2D eigenvalue weighted by atomic mass is 35.5. The van der Waals surface area contributed by atoms with Crippen LogP contribution in [0.25, 0.3) is 11.1 Å². The van der Waals surface area contributed by atoms with E-state index >= 15 is 0 Å². The van der Waals surface area contributed by atoms with E-state index in [1.807, 2.05) is 31.2 Å². The molecule has 0 aliphatic carbocycles. The molecule has 2 rings (SSSR count). The average molecular weight is 279 g/mol. The first-order valence-corrected chi connectivity index (χ1v) is 6.66. The Balaban J connectivity index is 2.35. The van der Waals surface area contributed by atoms with Crippen LogP contribution in [0.3, 0.4) is 0 Å². The van der Waals surface area contributed by atoms with Crippen LogP contribution in [0.5, 0.6) is 0 Å². The first-order valence-electron chi connectivity index (χ1n) is 6.28. The van der Waals surface area contributed by atoms with Gasteiger partial charge in [0.1, 0.15) is 5.82 Å². The summed E-state index contributed by atoms with van der Waals surface area (Å²) in [6.45, 7) is 2.04. The SMILES string of the molecule is Cc1ccc(F)c(-c2ccc(CCCO)cc2)c1Cl. The van der Waals surface area contributed by atoms with Gasteiger partial charge in [-0.25, -0.2) is 4.39 Å². The molecule has 0 aromatic heterocycles. The number of aliphatic hydroxyl groups is 1. The zero-order valence-corrected chi connectivity index (χ0v) is 11.5. The molecular weight excluding hydrogens is 263 g/mol. The van der Waals surface area contributed by atoms with Crippen molar-refractivity contribution in [2.75, 3.05) is 6.61 Å². The van der Waals surface area contributed by atoms with E-state index in [4.69, 9.17) is 16.7 Å². The first-order chi connectivity index (χ1) is 9.13. The van der Waals surface area contributed by atoms with Crippen LogP contribution in [-0.4, -0.2) is 11.7 Å². The minimum absolute atomic E-state index is 0.181. The minimum Gasteiger partial charge on any atom is -0.396 e. The van der Waals surface area contributed by atoms with E-state index in [1.54, 1.807) is 6.07 Å². The Morgan fingerprint density at radius 2 is 1.79 bits per heavy atom. The summed E-state index contributed by atoms with van der Waals surface area (Å²) in [6, 6.07) is 10.8. The van der Waals surface area contributed by atoms with Crippen molar-refractivity contribution in [3.8, 4) is 11.1 Å². The van der Waals surface area contributed by atoms with Crippen LogP contribution in [-0.2, 0) is 6.42 Å². The average Bonchev–Trinajstić information content (AvgIpc) is 2.42. The Morgan fingerprint density at radius 3 is 2.42 bits per heavy atom. The summed E-state index contributed by atoms with van der Waals surface area (Å²) >= 11 is 6.18. The van der Waals surface area contributed by atoms with Crippen molar-refractivity contribution >= 4 is 11.6 Å². The maximum Gasteiger partial charge on any atom is 0.132 e. The molecule has 0 fully saturated rings. The van der Waals surface area contributed by atoms with Gasteiger partial charge in [-0.05, 0) is 42.5 Å². The van der Waals surface area contributed by atoms with E-state index in [0.717, 1.165) is 29.5 Å². The quantitative estimate of drug-likeness (QED) is 0.880. The van der Waals surface area contributed by atoms with Gasteiger partial charge in [-0.2, -0.15) is 0 Å². The summed E-state index contributed by atoms with van der Waals surface area (Å²) in [5.41, 5.74) is 3.22. The zero-order chi connectivity index (χ0) is 13.8. The molecule has 0 saturated carbocycles. The number of benzene rings is 2. The molecule has 2 aromatic rings. The Bertz CT molecular complexity index is 564. The van der Waals surface area contributed by atoms with Crippen LogP contribution in [0.4, 0.5) is 4.39 Å². The van der Waals surface area contributed by atoms with Crippen LogP contribution >= 0.6 is 11.6 Å². The normalized spacial score (nSPS) is 10.7. The van der Waals surface area contributed by atoms with E-state index in [9.17, 15) is 4.39 Å². The maximum absolute atomic E-state index is 13.9. The molecule has 1 nitrogen and oxygen atoms in total. The minimum atomic E-state index is -0.307. The fourth-order valence-electron chi connectivity index (χ4n) is 2.04. The van der Waals surface area contributed by atoms with Crippen LogP contribution in [0, 0.1) is 12.7 Å². The predicted octanol–water partition coefficient (Wildman–Crippen LogP) is 4.38. The molecule has 0 saturated heterocycles. The molecule has 0 bridgehead atoms. The molecule has 19 heavy (non-hydrogen) atoms. The van der Waals surface area contributed by atoms with Gasteiger partial charge in [-0.1, -0.05) is 41.9 Å². The maximum atomic E-state index is 13.9. The fraction of sp³-hybridized carbons (Fsp3) is 0.250. The van der Waals surface area contributed by atoms with Crippen LogP contribution in [0.1, 0.15) is 17.5 Å². The molecule has 3 heteroatoms. The number of aliphatic hydroxyl groups excluding tert-OH is 1. The van der Waals surface area contributed by atoms with Crippen LogP contribution < -0.4 is 0 Å². The van der Waals surface area contributed by atoms with Crippen LogP contribution in [0.2, 0.25) is 5.02 Å². The van der Waals surface area contributed by atoms with Crippen molar-refractivity contribution < 1.29 is 9.50 Å². The second-order valence-electron chi connectivity index (χ2n) is 4.58. The first kappa shape index (κ1) is 14.0. The summed E-state index contributed by atoms with van der Waals surface area (Å²) in [7, 11) is 0. The molecule has 0 radical (unpaired) electrons. The third-order valence-electron chi connectivity index (χ3n) is 3.15. The lowest BCUT2D eigenvalue weighted by Gasteiger charge is -2.09. The van der Waals surface area contributed by atoms with Crippen molar-refractivity contribution in [1.82, 2.24) is 0 Å². The zero-order valence-electron chi connectivity index (χ0n) is 10.8. The molecule has 0 heterocycles. The third kappa shape index (κ3) is 3.14. The number of rotatable bonds is 4. The Hall–Kier alpha value is -1.38. The largest absolute Gasteiger partial charge is 0.396 e. The molecule has 0 atom stereocenters. The van der Waals surface area contributed by atoms with E-state index in [-0.39, 0.29) is 12.4 Å². The van der Waals surface area contributed by atoms with Crippen molar-refractivity contribution in [3.05, 3.63) is 58.4 Å². The second-order valence-corrected chi connectivity index (χ2v) is 4.96. The Morgan fingerprint density at radius 1 is 1.11 bits per heavy atom. The van der Waals surface area contributed by atoms with Crippen molar-refractivity contribution in [2.45, 2.75) is 19.8 Å². The van der Waals surface area contributed by atoms with Crippen molar-refractivity contribution in [2.24, 2.45) is 0 Å². The summed E-state index contributed by atoms with van der Waals surface area (Å²) in [4.78, 5) is 0. The number of aryl methyl sites for hydroxylation is 2. The van der Waals surface area contributed by atoms with Gasteiger partial charge in [-0.3, -0.25) is 0 Å². The highest BCUT2D eigenvalue weighted by molar-refractivity contribution is 6.34. The number of hydrogen-bond acceptors (Lipinski definition) is 1. The van der Waals surface area contributed by atoms with Gasteiger partial charge >= 0.3 is 0 Å². The van der Waals surface area contributed by atoms with Gasteiger partial charge in [-0.15, -0.1) is 0 Å². The van der Waals surface area contributed by atoms with Crippen molar-refractivity contribution in [3.63, 3.8) is 0 Å². The molecule has 0 spiro atoms. The van der Waals surface area contributed by atoms with Gasteiger partial charge in [0.15, 0.2) is 0 Å². The number of halogens is 2. The second kappa shape index (κ2) is 6.18. The number of hydrogen-bond donors (Lipinski definition) is 1. The summed E-state index contributed by atoms with van der Waals surface area (Å²) in [5.74, 6) is -0.307. The smallest absolute Gasteiger partial charge is 0.132 e. The van der Waals surface area contributed by atoms with E-state index in [0.29, 0.717) is 10.6 Å². The molecule has 0 unspecified atom stereocenters. The monoisotopic (exact) mass is 278 g/mol. The fourth-order valence-corrected chi connectivity index (χ4v) is 2.30. The standard InChI is InChI=1S/C16H16ClFO/c1-11-4-9-14(18)15(16(11)17)13-7-5-12(6-8-13)3-2-10-19/h4-9,19H,2-3,10H2,1H3. The highest BCUT2D eigenvalue weighted by Gasteiger charge is 2.11. The van der Waals surface area contributed by atoms with E-state index < -0.39 is 0 Å². The van der Waals surface area contributed by atoms with Crippen molar-refractivity contribution in [1.29, 1.82) is 0 Å². The molecule has 0 aliphatic rings. The van der Waals surface area contributed by atoms with E-state index in [1.165, 1.54) is 6.07 Å². The molecule has 1 N–H and O–H groups in total. The van der Waals surface area contributed by atoms with Gasteiger partial charge < -0.3 is 5.11 Å². The lowest BCUT2D eigenvalue weighted by molar-refractivity contribution is 0.288. The lowest BCUT2D eigenvalue weighted by atomic mass is 10.00. The molecular formula is C16H16ClFO. The lowest BCUT2D eigenvalue weighted by Crippen LogP contribution is -1.91. The molecule has 100 valence electrons. The van der Waals surface area contributed by atoms with Gasteiger partial charge in [0.2, 0.25) is 0 Å². The van der Waals surface area contributed by atoms with Gasteiger partial charge in [0.25, 0.3) is 0 Å². The Labute approximate surface area is 117 Å². The van der Waals surface area contributed by atoms with E-state index in [2.05, 4.69) is 0 Å².